The first-order chi connectivity index (χ1) is 12.8. The summed E-state index contributed by atoms with van der Waals surface area (Å²) in [6.45, 7) is 2.22. The zero-order valence-electron chi connectivity index (χ0n) is 15.2. The Morgan fingerprint density at radius 2 is 1.85 bits per heavy atom. The molecule has 1 unspecified atom stereocenters. The van der Waals surface area contributed by atoms with Gasteiger partial charge in [-0.2, -0.15) is 0 Å². The van der Waals surface area contributed by atoms with Crippen LogP contribution < -0.4 is 0 Å². The average molecular weight is 421 g/mol. The standard InChI is InChI=1S/C19H20N2O3S3/c1-13(25-16-10-6-7-11-17(16)27(3,23)24)19(22)21(2)12-18-20-14-8-4-5-9-15(14)26-18/h4-11,13H,12H2,1-3H3. The number of hydrogen-bond acceptors (Lipinski definition) is 6. The first-order valence-electron chi connectivity index (χ1n) is 8.31. The van der Waals surface area contributed by atoms with Crippen molar-refractivity contribution >= 4 is 49.1 Å². The van der Waals surface area contributed by atoms with Crippen LogP contribution in [-0.4, -0.2) is 42.8 Å². The minimum absolute atomic E-state index is 0.0671. The Hall–Kier alpha value is -1.90. The third-order valence-corrected chi connectivity index (χ3v) is 7.46. The summed E-state index contributed by atoms with van der Waals surface area (Å²) in [5.74, 6) is -0.0671. The van der Waals surface area contributed by atoms with E-state index in [9.17, 15) is 13.2 Å². The predicted molar refractivity (Wildman–Crippen MR) is 111 cm³/mol. The first kappa shape index (κ1) is 19.9. The van der Waals surface area contributed by atoms with E-state index in [0.717, 1.165) is 15.2 Å². The highest BCUT2D eigenvalue weighted by atomic mass is 32.2. The van der Waals surface area contributed by atoms with Crippen LogP contribution in [0.2, 0.25) is 0 Å². The zero-order chi connectivity index (χ0) is 19.6. The fourth-order valence-corrected chi connectivity index (χ4v) is 6.06. The average Bonchev–Trinajstić information content (AvgIpc) is 3.02. The maximum Gasteiger partial charge on any atom is 0.235 e. The highest BCUT2D eigenvalue weighted by Gasteiger charge is 2.22. The highest BCUT2D eigenvalue weighted by molar-refractivity contribution is 8.01. The summed E-state index contributed by atoms with van der Waals surface area (Å²) in [6.07, 6.45) is 1.18. The number of fused-ring (bicyclic) bond motifs is 1. The maximum atomic E-state index is 12.8. The largest absolute Gasteiger partial charge is 0.338 e. The highest BCUT2D eigenvalue weighted by Crippen LogP contribution is 2.31. The van der Waals surface area contributed by atoms with Crippen molar-refractivity contribution in [3.63, 3.8) is 0 Å². The van der Waals surface area contributed by atoms with Crippen LogP contribution in [0.1, 0.15) is 11.9 Å². The minimum Gasteiger partial charge on any atom is -0.338 e. The van der Waals surface area contributed by atoms with Crippen molar-refractivity contribution in [2.75, 3.05) is 13.3 Å². The molecule has 3 aromatic rings. The number of carbonyl (C=O) groups excluding carboxylic acids is 1. The molecule has 0 aliphatic heterocycles. The number of thiazole rings is 1. The molecular weight excluding hydrogens is 400 g/mol. The van der Waals surface area contributed by atoms with Crippen LogP contribution in [0.4, 0.5) is 0 Å². The van der Waals surface area contributed by atoms with E-state index in [2.05, 4.69) is 4.98 Å². The van der Waals surface area contributed by atoms with Crippen LogP contribution in [0.25, 0.3) is 10.2 Å². The zero-order valence-corrected chi connectivity index (χ0v) is 17.7. The predicted octanol–water partition coefficient (Wildman–Crippen LogP) is 3.84. The number of carbonyl (C=O) groups is 1. The molecule has 0 fully saturated rings. The molecule has 0 radical (unpaired) electrons. The van der Waals surface area contributed by atoms with Crippen LogP contribution in [0.3, 0.4) is 0 Å². The van der Waals surface area contributed by atoms with Crippen molar-refractivity contribution in [1.82, 2.24) is 9.88 Å². The molecule has 2 aromatic carbocycles. The van der Waals surface area contributed by atoms with Gasteiger partial charge in [0.1, 0.15) is 5.01 Å². The van der Waals surface area contributed by atoms with Gasteiger partial charge in [-0.15, -0.1) is 23.1 Å². The number of nitrogens with zero attached hydrogens (tertiary/aromatic N) is 2. The van der Waals surface area contributed by atoms with E-state index in [-0.39, 0.29) is 10.8 Å². The van der Waals surface area contributed by atoms with E-state index in [1.165, 1.54) is 18.0 Å². The molecule has 0 saturated carbocycles. The molecule has 5 nitrogen and oxygen atoms in total. The van der Waals surface area contributed by atoms with Crippen molar-refractivity contribution in [3.8, 4) is 0 Å². The number of amides is 1. The minimum atomic E-state index is -3.34. The molecule has 0 aliphatic rings. The molecule has 0 N–H and O–H groups in total. The van der Waals surface area contributed by atoms with Crippen molar-refractivity contribution in [2.45, 2.75) is 28.5 Å². The summed E-state index contributed by atoms with van der Waals surface area (Å²) in [5, 5.41) is 0.466. The van der Waals surface area contributed by atoms with Gasteiger partial charge in [0.15, 0.2) is 9.84 Å². The van der Waals surface area contributed by atoms with E-state index in [0.29, 0.717) is 11.4 Å². The second-order valence-electron chi connectivity index (χ2n) is 6.25. The van der Waals surface area contributed by atoms with Crippen LogP contribution in [0.5, 0.6) is 0 Å². The fraction of sp³-hybridized carbons (Fsp3) is 0.263. The summed E-state index contributed by atoms with van der Waals surface area (Å²) in [5.41, 5.74) is 0.933. The Labute approximate surface area is 167 Å². The van der Waals surface area contributed by atoms with Crippen LogP contribution in [0.15, 0.2) is 58.3 Å². The number of para-hydroxylation sites is 1. The summed E-state index contributed by atoms with van der Waals surface area (Å²) in [7, 11) is -1.60. The SMILES string of the molecule is CC(Sc1ccccc1S(C)(=O)=O)C(=O)N(C)Cc1nc2ccccc2s1. The lowest BCUT2D eigenvalue weighted by Crippen LogP contribution is -2.32. The normalized spacial score (nSPS) is 12.9. The topological polar surface area (TPSA) is 67.3 Å². The molecule has 8 heteroatoms. The summed E-state index contributed by atoms with van der Waals surface area (Å²) in [6, 6.07) is 14.6. The second-order valence-corrected chi connectivity index (χ2v) is 10.7. The van der Waals surface area contributed by atoms with Gasteiger partial charge in [0.05, 0.1) is 26.9 Å². The van der Waals surface area contributed by atoms with Gasteiger partial charge in [0, 0.05) is 18.2 Å². The summed E-state index contributed by atoms with van der Waals surface area (Å²) >= 11 is 2.84. The van der Waals surface area contributed by atoms with Crippen molar-refractivity contribution in [2.24, 2.45) is 0 Å². The molecular formula is C19H20N2O3S3. The van der Waals surface area contributed by atoms with Crippen molar-refractivity contribution in [3.05, 3.63) is 53.5 Å². The third-order valence-electron chi connectivity index (χ3n) is 3.99. The molecule has 0 aliphatic carbocycles. The van der Waals surface area contributed by atoms with Crippen LogP contribution in [-0.2, 0) is 21.2 Å². The summed E-state index contributed by atoms with van der Waals surface area (Å²) < 4.78 is 25.0. The van der Waals surface area contributed by atoms with E-state index >= 15 is 0 Å². The Kier molecular flexibility index (Phi) is 5.88. The molecule has 1 heterocycles. The smallest absolute Gasteiger partial charge is 0.235 e. The number of thioether (sulfide) groups is 1. The van der Waals surface area contributed by atoms with E-state index in [4.69, 9.17) is 0 Å². The Morgan fingerprint density at radius 3 is 2.56 bits per heavy atom. The number of benzene rings is 2. The quantitative estimate of drug-likeness (QED) is 0.567. The van der Waals surface area contributed by atoms with Gasteiger partial charge >= 0.3 is 0 Å². The lowest BCUT2D eigenvalue weighted by Gasteiger charge is -2.20. The van der Waals surface area contributed by atoms with Crippen LogP contribution >= 0.6 is 23.1 Å². The number of hydrogen-bond donors (Lipinski definition) is 0. The van der Waals surface area contributed by atoms with Gasteiger partial charge < -0.3 is 4.90 Å². The van der Waals surface area contributed by atoms with Gasteiger partial charge in [-0.1, -0.05) is 24.3 Å². The van der Waals surface area contributed by atoms with Crippen molar-refractivity contribution in [1.29, 1.82) is 0 Å². The number of aromatic nitrogens is 1. The number of sulfone groups is 1. The number of rotatable bonds is 6. The van der Waals surface area contributed by atoms with Crippen molar-refractivity contribution < 1.29 is 13.2 Å². The Morgan fingerprint density at radius 1 is 1.19 bits per heavy atom. The Bertz CT molecular complexity index is 1040. The molecule has 27 heavy (non-hydrogen) atoms. The molecule has 1 atom stereocenters. The molecule has 3 rings (SSSR count). The maximum absolute atomic E-state index is 12.8. The molecule has 1 aromatic heterocycles. The molecule has 0 bridgehead atoms. The monoisotopic (exact) mass is 420 g/mol. The van der Waals surface area contributed by atoms with Gasteiger partial charge in [-0.25, -0.2) is 13.4 Å². The van der Waals surface area contributed by atoms with E-state index < -0.39 is 15.1 Å². The molecule has 1 amide bonds. The lowest BCUT2D eigenvalue weighted by atomic mass is 10.3. The fourth-order valence-electron chi connectivity index (χ4n) is 2.67. The van der Waals surface area contributed by atoms with Gasteiger partial charge in [0.2, 0.25) is 5.91 Å². The molecule has 0 spiro atoms. The van der Waals surface area contributed by atoms with Gasteiger partial charge in [0.25, 0.3) is 0 Å². The Balaban J connectivity index is 1.72. The van der Waals surface area contributed by atoms with Gasteiger partial charge in [-0.05, 0) is 31.2 Å². The third kappa shape index (κ3) is 4.69. The van der Waals surface area contributed by atoms with Gasteiger partial charge in [-0.3, -0.25) is 4.79 Å². The van der Waals surface area contributed by atoms with E-state index in [1.807, 2.05) is 24.3 Å². The van der Waals surface area contributed by atoms with Crippen LogP contribution in [0, 0.1) is 0 Å². The lowest BCUT2D eigenvalue weighted by molar-refractivity contribution is -0.129. The molecule has 0 saturated heterocycles. The summed E-state index contributed by atoms with van der Waals surface area (Å²) in [4.78, 5) is 19.8. The van der Waals surface area contributed by atoms with E-state index in [1.54, 1.807) is 54.5 Å². The molecule has 142 valence electrons. The second kappa shape index (κ2) is 8.00. The first-order valence-corrected chi connectivity index (χ1v) is 11.9.